The number of benzene rings is 1. The standard InChI is InChI=1S/C22H27ClO5/c1-2-3-10-17-12-9-13-18(17)11-7-8-16-21(26,27)22(23,20(24)25)28-19-14-5-4-6-15-19/h3-7,10,14-18,26-27H,2,9,11-13H2,1H3,(H,24,25)/b10-3+/t8?,17-,18-,22?/m0/s1/i26+0,27+0. The van der Waals surface area contributed by atoms with Gasteiger partial charge in [-0.3, -0.25) is 0 Å². The van der Waals surface area contributed by atoms with E-state index in [1.807, 2.05) is 0 Å². The van der Waals surface area contributed by atoms with Crippen molar-refractivity contribution in [3.8, 4) is 5.75 Å². The summed E-state index contributed by atoms with van der Waals surface area (Å²) in [5.41, 5.74) is 2.67. The van der Waals surface area contributed by atoms with Gasteiger partial charge in [-0.25, -0.2) is 4.79 Å². The predicted molar refractivity (Wildman–Crippen MR) is 108 cm³/mol. The third-order valence-corrected chi connectivity index (χ3v) is 5.43. The van der Waals surface area contributed by atoms with Crippen LogP contribution in [0.1, 0.15) is 39.0 Å². The van der Waals surface area contributed by atoms with E-state index in [4.69, 9.17) is 16.3 Å². The Morgan fingerprint density at radius 2 is 2.04 bits per heavy atom. The number of carboxylic acid groups (broad SMARTS) is 1. The van der Waals surface area contributed by atoms with Gasteiger partial charge in [-0.05, 0) is 55.7 Å². The molecule has 28 heavy (non-hydrogen) atoms. The van der Waals surface area contributed by atoms with E-state index < -0.39 is 16.8 Å². The van der Waals surface area contributed by atoms with Crippen LogP contribution in [0.25, 0.3) is 0 Å². The van der Waals surface area contributed by atoms with E-state index in [1.165, 1.54) is 18.6 Å². The lowest BCUT2D eigenvalue weighted by atomic mass is 9.92. The molecule has 0 spiro atoms. The molecule has 5 nitrogen and oxygen atoms in total. The van der Waals surface area contributed by atoms with Crippen LogP contribution in [0.4, 0.5) is 0 Å². The molecule has 1 saturated carbocycles. The number of aliphatic hydroxyl groups is 2. The number of rotatable bonds is 9. The molecule has 0 heterocycles. The van der Waals surface area contributed by atoms with Crippen LogP contribution in [0.15, 0.2) is 60.4 Å². The summed E-state index contributed by atoms with van der Waals surface area (Å²) in [7, 11) is 0. The predicted octanol–water partition coefficient (Wildman–Crippen LogP) is 4.25. The first-order valence-corrected chi connectivity index (χ1v) is 9.88. The summed E-state index contributed by atoms with van der Waals surface area (Å²) in [6, 6.07) is 7.89. The summed E-state index contributed by atoms with van der Waals surface area (Å²) >= 11 is 5.97. The molecule has 0 aromatic heterocycles. The second kappa shape index (κ2) is 9.94. The molecule has 3 N–H and O–H groups in total. The van der Waals surface area contributed by atoms with Crippen molar-refractivity contribution < 1.29 is 24.9 Å². The zero-order valence-electron chi connectivity index (χ0n) is 15.9. The third-order valence-electron chi connectivity index (χ3n) is 4.91. The lowest BCUT2D eigenvalue weighted by Crippen LogP contribution is -2.58. The molecular weight excluding hydrogens is 380 g/mol. The number of halogens is 1. The molecule has 1 aliphatic carbocycles. The normalized spacial score (nSPS) is 21.7. The first kappa shape index (κ1) is 22.3. The van der Waals surface area contributed by atoms with E-state index >= 15 is 0 Å². The molecule has 3 atom stereocenters. The van der Waals surface area contributed by atoms with Crippen molar-refractivity contribution in [3.63, 3.8) is 0 Å². The lowest BCUT2D eigenvalue weighted by Gasteiger charge is -2.32. The summed E-state index contributed by atoms with van der Waals surface area (Å²) in [4.78, 5) is 11.6. The van der Waals surface area contributed by atoms with Crippen LogP contribution < -0.4 is 4.74 Å². The van der Waals surface area contributed by atoms with E-state index in [9.17, 15) is 20.1 Å². The van der Waals surface area contributed by atoms with E-state index in [0.717, 1.165) is 25.3 Å². The molecule has 1 aliphatic rings. The van der Waals surface area contributed by atoms with Crippen molar-refractivity contribution in [2.45, 2.75) is 49.9 Å². The fourth-order valence-corrected chi connectivity index (χ4v) is 3.48. The zero-order chi connectivity index (χ0) is 20.6. The van der Waals surface area contributed by atoms with E-state index in [1.54, 1.807) is 24.3 Å². The molecular formula is C22H27ClO5. The van der Waals surface area contributed by atoms with Crippen LogP contribution in [0.3, 0.4) is 0 Å². The Balaban J connectivity index is 2.11. The topological polar surface area (TPSA) is 87.0 Å². The van der Waals surface area contributed by atoms with Crippen molar-refractivity contribution >= 4 is 17.6 Å². The number of hydrogen-bond donors (Lipinski definition) is 3. The number of carbonyl (C=O) groups is 1. The van der Waals surface area contributed by atoms with Crippen molar-refractivity contribution in [3.05, 3.63) is 60.4 Å². The van der Waals surface area contributed by atoms with Gasteiger partial charge in [-0.1, -0.05) is 55.3 Å². The second-order valence-electron chi connectivity index (χ2n) is 6.98. The maximum Gasteiger partial charge on any atom is 0.370 e. The minimum atomic E-state index is -2.97. The molecule has 1 aromatic rings. The Morgan fingerprint density at radius 3 is 2.68 bits per heavy atom. The smallest absolute Gasteiger partial charge is 0.370 e. The van der Waals surface area contributed by atoms with Gasteiger partial charge in [0.1, 0.15) is 5.75 Å². The average Bonchev–Trinajstić information content (AvgIpc) is 3.11. The molecule has 0 bridgehead atoms. The number of allylic oxidation sites excluding steroid dienone is 2. The molecule has 2 rings (SSSR count). The molecule has 1 aromatic carbocycles. The maximum atomic E-state index is 11.6. The number of ether oxygens (including phenoxy) is 1. The van der Waals surface area contributed by atoms with Crippen LogP contribution in [0, 0.1) is 11.8 Å². The van der Waals surface area contributed by atoms with Gasteiger partial charge in [0.15, 0.2) is 0 Å². The maximum absolute atomic E-state index is 11.6. The molecule has 1 unspecified atom stereocenters. The monoisotopic (exact) mass is 406 g/mol. The lowest BCUT2D eigenvalue weighted by molar-refractivity contribution is -0.211. The molecule has 0 aliphatic heterocycles. The number of aliphatic carboxylic acids is 1. The first-order chi connectivity index (χ1) is 13.3. The molecule has 0 radical (unpaired) electrons. The van der Waals surface area contributed by atoms with Crippen LogP contribution in [0.2, 0.25) is 0 Å². The summed E-state index contributed by atoms with van der Waals surface area (Å²) in [6.45, 7) is 2.10. The van der Waals surface area contributed by atoms with Gasteiger partial charge in [-0.2, -0.15) is 0 Å². The fourth-order valence-electron chi connectivity index (χ4n) is 3.34. The highest BCUT2D eigenvalue weighted by molar-refractivity contribution is 6.33. The zero-order valence-corrected chi connectivity index (χ0v) is 16.7. The Hall–Kier alpha value is -2.04. The first-order valence-electron chi connectivity index (χ1n) is 9.50. The summed E-state index contributed by atoms with van der Waals surface area (Å²) in [5, 5.41) is 27.2. The van der Waals surface area contributed by atoms with Gasteiger partial charge in [-0.15, -0.1) is 5.73 Å². The molecule has 0 amide bonds. The van der Waals surface area contributed by atoms with Gasteiger partial charge in [0.05, 0.1) is 0 Å². The Kier molecular flexibility index (Phi) is 7.90. The van der Waals surface area contributed by atoms with E-state index in [0.29, 0.717) is 18.3 Å². The average molecular weight is 407 g/mol. The molecule has 1 fully saturated rings. The van der Waals surface area contributed by atoms with Crippen LogP contribution in [-0.2, 0) is 4.79 Å². The highest BCUT2D eigenvalue weighted by atomic mass is 35.5. The number of alkyl halides is 1. The van der Waals surface area contributed by atoms with E-state index in [2.05, 4.69) is 24.8 Å². The molecule has 152 valence electrons. The highest BCUT2D eigenvalue weighted by Gasteiger charge is 2.57. The SMILES string of the molecule is CC/C=C/[C@H]1CCC[C@@H]1CC=C=CC([16OH])([16OH])C(Cl)(Oc1ccccc1)C(=O)O. The van der Waals surface area contributed by atoms with Gasteiger partial charge >= 0.3 is 11.0 Å². The van der Waals surface area contributed by atoms with Crippen molar-refractivity contribution in [2.75, 3.05) is 0 Å². The van der Waals surface area contributed by atoms with Crippen LogP contribution >= 0.6 is 11.6 Å². The van der Waals surface area contributed by atoms with Crippen LogP contribution in [-0.4, -0.2) is 32.1 Å². The molecule has 0 saturated heterocycles. The quantitative estimate of drug-likeness (QED) is 0.247. The van der Waals surface area contributed by atoms with Crippen molar-refractivity contribution in [1.29, 1.82) is 0 Å². The van der Waals surface area contributed by atoms with Gasteiger partial charge < -0.3 is 20.1 Å². The third kappa shape index (κ3) is 5.49. The minimum Gasteiger partial charge on any atom is -0.477 e. The van der Waals surface area contributed by atoms with Crippen molar-refractivity contribution in [1.82, 2.24) is 0 Å². The Bertz CT molecular complexity index is 737. The fraction of sp³-hybridized carbons (Fsp3) is 0.455. The van der Waals surface area contributed by atoms with Gasteiger partial charge in [0, 0.05) is 6.08 Å². The second-order valence-corrected chi connectivity index (χ2v) is 7.52. The Morgan fingerprint density at radius 1 is 1.32 bits per heavy atom. The summed E-state index contributed by atoms with van der Waals surface area (Å²) in [5.74, 6) is -3.61. The summed E-state index contributed by atoms with van der Waals surface area (Å²) < 4.78 is 5.19. The van der Waals surface area contributed by atoms with Crippen LogP contribution in [0.5, 0.6) is 5.75 Å². The highest BCUT2D eigenvalue weighted by Crippen LogP contribution is 2.36. The largest absolute Gasteiger partial charge is 0.477 e. The number of hydrogen-bond acceptors (Lipinski definition) is 4. The summed E-state index contributed by atoms with van der Waals surface area (Å²) in [6.07, 6.45) is 12.1. The van der Waals surface area contributed by atoms with Gasteiger partial charge in [0.25, 0.3) is 5.79 Å². The van der Waals surface area contributed by atoms with E-state index in [-0.39, 0.29) is 5.75 Å². The van der Waals surface area contributed by atoms with Gasteiger partial charge in [0.2, 0.25) is 0 Å². The number of carboxylic acids is 1. The van der Waals surface area contributed by atoms with Crippen molar-refractivity contribution in [2.24, 2.45) is 11.8 Å². The minimum absolute atomic E-state index is 0.0984. The Labute approximate surface area is 170 Å². The molecule has 6 heteroatoms. The number of para-hydroxylation sites is 1.